The maximum absolute atomic E-state index is 11.3. The highest BCUT2D eigenvalue weighted by Gasteiger charge is 2.35. The normalized spacial score (nSPS) is 14.4. The summed E-state index contributed by atoms with van der Waals surface area (Å²) in [6.07, 6.45) is 1.65. The van der Waals surface area contributed by atoms with Crippen molar-refractivity contribution >= 4 is 0 Å². The van der Waals surface area contributed by atoms with Crippen LogP contribution in [0.3, 0.4) is 0 Å². The Bertz CT molecular complexity index is 1430. The van der Waals surface area contributed by atoms with Crippen LogP contribution in [0.5, 0.6) is 5.75 Å². The summed E-state index contributed by atoms with van der Waals surface area (Å²) >= 11 is 0. The van der Waals surface area contributed by atoms with Crippen molar-refractivity contribution in [3.05, 3.63) is 173 Å². The van der Waals surface area contributed by atoms with Gasteiger partial charge in [-0.15, -0.1) is 0 Å². The third kappa shape index (κ3) is 5.08. The summed E-state index contributed by atoms with van der Waals surface area (Å²) in [5, 5.41) is 11.3. The zero-order valence-corrected chi connectivity index (χ0v) is 21.6. The van der Waals surface area contributed by atoms with Crippen LogP contribution in [0.25, 0.3) is 0 Å². The Morgan fingerprint density at radius 1 is 0.459 bits per heavy atom. The summed E-state index contributed by atoms with van der Waals surface area (Å²) < 4.78 is 0. The van der Waals surface area contributed by atoms with Gasteiger partial charge in [0.1, 0.15) is 5.75 Å². The van der Waals surface area contributed by atoms with E-state index in [0.717, 1.165) is 18.4 Å². The highest BCUT2D eigenvalue weighted by Crippen LogP contribution is 2.44. The third-order valence-corrected chi connectivity index (χ3v) is 7.85. The van der Waals surface area contributed by atoms with Crippen LogP contribution in [-0.4, -0.2) is 5.11 Å². The Hall–Kier alpha value is -4.10. The van der Waals surface area contributed by atoms with E-state index in [0.29, 0.717) is 5.75 Å². The molecule has 184 valence electrons. The van der Waals surface area contributed by atoms with Crippen LogP contribution >= 0.6 is 0 Å². The average molecular weight is 483 g/mol. The minimum Gasteiger partial charge on any atom is -0.508 e. The van der Waals surface area contributed by atoms with Crippen molar-refractivity contribution in [3.8, 4) is 5.75 Å². The van der Waals surface area contributed by atoms with Crippen molar-refractivity contribution < 1.29 is 5.11 Å². The van der Waals surface area contributed by atoms with Gasteiger partial charge in [-0.05, 0) is 46.7 Å². The molecule has 2 atom stereocenters. The molecule has 0 amide bonds. The highest BCUT2D eigenvalue weighted by molar-refractivity contribution is 5.52. The molecule has 37 heavy (non-hydrogen) atoms. The third-order valence-electron chi connectivity index (χ3n) is 7.85. The first kappa shape index (κ1) is 24.6. The van der Waals surface area contributed by atoms with Gasteiger partial charge >= 0.3 is 0 Å². The number of aromatic hydroxyl groups is 1. The van der Waals surface area contributed by atoms with Gasteiger partial charge in [0.25, 0.3) is 0 Å². The van der Waals surface area contributed by atoms with E-state index in [1.807, 2.05) is 6.07 Å². The van der Waals surface area contributed by atoms with Crippen molar-refractivity contribution in [1.82, 2.24) is 0 Å². The van der Waals surface area contributed by atoms with E-state index in [-0.39, 0.29) is 5.41 Å². The molecule has 0 radical (unpaired) electrons. The van der Waals surface area contributed by atoms with E-state index in [9.17, 15) is 5.11 Å². The van der Waals surface area contributed by atoms with Crippen LogP contribution in [0.15, 0.2) is 140 Å². The lowest BCUT2D eigenvalue weighted by Gasteiger charge is -2.36. The first-order valence-corrected chi connectivity index (χ1v) is 13.0. The topological polar surface area (TPSA) is 20.2 Å². The average Bonchev–Trinajstić information content (AvgIpc) is 2.95. The molecule has 0 aliphatic rings. The second kappa shape index (κ2) is 10.5. The van der Waals surface area contributed by atoms with Crippen molar-refractivity contribution in [2.75, 3.05) is 0 Å². The lowest BCUT2D eigenvalue weighted by atomic mass is 9.68. The summed E-state index contributed by atoms with van der Waals surface area (Å²) in [6, 6.07) is 48.8. The van der Waals surface area contributed by atoms with Crippen molar-refractivity contribution in [1.29, 1.82) is 0 Å². The molecule has 1 nitrogen and oxygen atoms in total. The lowest BCUT2D eigenvalue weighted by Crippen LogP contribution is -2.30. The van der Waals surface area contributed by atoms with Gasteiger partial charge in [0.15, 0.2) is 0 Å². The first-order valence-electron chi connectivity index (χ1n) is 13.0. The second-order valence-corrected chi connectivity index (χ2v) is 10.5. The molecule has 2 unspecified atom stereocenters. The molecule has 5 rings (SSSR count). The van der Waals surface area contributed by atoms with Crippen molar-refractivity contribution in [2.45, 2.75) is 37.5 Å². The van der Waals surface area contributed by atoms with E-state index < -0.39 is 5.41 Å². The van der Waals surface area contributed by atoms with E-state index in [2.05, 4.69) is 147 Å². The number of hydrogen-bond donors (Lipinski definition) is 1. The van der Waals surface area contributed by atoms with E-state index in [1.54, 1.807) is 0 Å². The Labute approximate surface area is 221 Å². The highest BCUT2D eigenvalue weighted by atomic mass is 16.3. The predicted molar refractivity (Wildman–Crippen MR) is 154 cm³/mol. The number of benzene rings is 5. The van der Waals surface area contributed by atoms with Gasteiger partial charge in [0.2, 0.25) is 0 Å². The molecule has 0 saturated heterocycles. The van der Waals surface area contributed by atoms with Crippen LogP contribution in [0.1, 0.15) is 47.2 Å². The summed E-state index contributed by atoms with van der Waals surface area (Å²) in [5.41, 5.74) is 6.46. The van der Waals surface area contributed by atoms with Crippen LogP contribution in [0.2, 0.25) is 0 Å². The number of phenolic OH excluding ortho intramolecular Hbond substituents is 1. The van der Waals surface area contributed by atoms with Gasteiger partial charge in [-0.25, -0.2) is 0 Å². The minimum atomic E-state index is -0.410. The Morgan fingerprint density at radius 3 is 1.35 bits per heavy atom. The monoisotopic (exact) mass is 482 g/mol. The molecule has 0 aliphatic heterocycles. The molecule has 0 bridgehead atoms. The molecule has 0 aromatic heterocycles. The summed E-state index contributed by atoms with van der Waals surface area (Å²) in [6.45, 7) is 4.58. The molecule has 5 aromatic carbocycles. The number of phenols is 1. The Morgan fingerprint density at radius 2 is 0.865 bits per heavy atom. The number of rotatable bonds is 8. The van der Waals surface area contributed by atoms with Gasteiger partial charge in [-0.3, -0.25) is 0 Å². The van der Waals surface area contributed by atoms with Gasteiger partial charge in [-0.1, -0.05) is 147 Å². The summed E-state index contributed by atoms with van der Waals surface area (Å²) in [4.78, 5) is 0. The molecule has 0 aliphatic carbocycles. The van der Waals surface area contributed by atoms with Gasteiger partial charge in [-0.2, -0.15) is 0 Å². The molecule has 0 spiro atoms. The predicted octanol–water partition coefficient (Wildman–Crippen LogP) is 8.49. The first-order chi connectivity index (χ1) is 18.0. The fraction of sp³-hybridized carbons (Fsp3) is 0.167. The van der Waals surface area contributed by atoms with Crippen LogP contribution in [-0.2, 0) is 23.7 Å². The number of hydrogen-bond acceptors (Lipinski definition) is 1. The zero-order valence-electron chi connectivity index (χ0n) is 21.6. The zero-order chi connectivity index (χ0) is 25.7. The van der Waals surface area contributed by atoms with Crippen molar-refractivity contribution in [3.63, 3.8) is 0 Å². The molecule has 0 heterocycles. The van der Waals surface area contributed by atoms with E-state index in [1.165, 1.54) is 27.8 Å². The van der Waals surface area contributed by atoms with E-state index in [4.69, 9.17) is 0 Å². The molecular weight excluding hydrogens is 448 g/mol. The van der Waals surface area contributed by atoms with Crippen LogP contribution in [0, 0.1) is 0 Å². The summed E-state index contributed by atoms with van der Waals surface area (Å²) in [7, 11) is 0. The molecule has 5 aromatic rings. The minimum absolute atomic E-state index is 0.268. The van der Waals surface area contributed by atoms with E-state index >= 15 is 0 Å². The fourth-order valence-corrected chi connectivity index (χ4v) is 5.67. The maximum Gasteiger partial charge on any atom is 0.119 e. The summed E-state index contributed by atoms with van der Waals surface area (Å²) in [5.74, 6) is 0.334. The second-order valence-electron chi connectivity index (χ2n) is 10.5. The van der Waals surface area contributed by atoms with Gasteiger partial charge < -0.3 is 5.11 Å². The molecule has 0 saturated carbocycles. The molecule has 1 N–H and O–H groups in total. The van der Waals surface area contributed by atoms with Crippen molar-refractivity contribution in [2.24, 2.45) is 0 Å². The standard InChI is InChI=1S/C36H34O/c1-35(30-19-11-5-12-20-30,26-28-15-7-3-8-16-28)32-23-24-34(37)33(25-32)36(2,31-21-13-6-14-22-31)27-29-17-9-4-10-18-29/h3-25,37H,26-27H2,1-2H3. The largest absolute Gasteiger partial charge is 0.508 e. The van der Waals surface area contributed by atoms with Crippen LogP contribution in [0.4, 0.5) is 0 Å². The van der Waals surface area contributed by atoms with Gasteiger partial charge in [0, 0.05) is 16.4 Å². The van der Waals surface area contributed by atoms with Gasteiger partial charge in [0.05, 0.1) is 0 Å². The smallest absolute Gasteiger partial charge is 0.119 e. The van der Waals surface area contributed by atoms with Crippen LogP contribution < -0.4 is 0 Å². The SMILES string of the molecule is CC(Cc1ccccc1)(c1ccccc1)c1ccc(O)c(C(C)(Cc2ccccc2)c2ccccc2)c1. The fourth-order valence-electron chi connectivity index (χ4n) is 5.67. The Kier molecular flexibility index (Phi) is 6.97. The molecular formula is C36H34O. The maximum atomic E-state index is 11.3. The quantitative estimate of drug-likeness (QED) is 0.235. The lowest BCUT2D eigenvalue weighted by molar-refractivity contribution is 0.442. The Balaban J connectivity index is 1.68. The molecule has 1 heteroatoms. The molecule has 0 fully saturated rings.